The number of thioether (sulfide) groups is 1. The first-order valence-corrected chi connectivity index (χ1v) is 11.6. The Bertz CT molecular complexity index is 1370. The predicted molar refractivity (Wildman–Crippen MR) is 133 cm³/mol. The molecule has 3 aromatic carbocycles. The monoisotopic (exact) mass is 506 g/mol. The summed E-state index contributed by atoms with van der Waals surface area (Å²) in [6, 6.07) is 22.4. The van der Waals surface area contributed by atoms with Crippen LogP contribution in [0.1, 0.15) is 11.1 Å². The second-order valence-electron chi connectivity index (χ2n) is 6.97. The van der Waals surface area contributed by atoms with E-state index in [9.17, 15) is 9.59 Å². The number of fused-ring (bicyclic) bond motifs is 1. The molecule has 4 aromatic rings. The first-order chi connectivity index (χ1) is 15.5. The van der Waals surface area contributed by atoms with E-state index in [0.29, 0.717) is 16.1 Å². The fourth-order valence-electron chi connectivity index (χ4n) is 3.13. The van der Waals surface area contributed by atoms with Crippen molar-refractivity contribution in [1.82, 2.24) is 15.0 Å². The molecule has 0 spiro atoms. The van der Waals surface area contributed by atoms with Crippen molar-refractivity contribution in [2.45, 2.75) is 12.1 Å². The molecule has 32 heavy (non-hydrogen) atoms. The molecule has 4 rings (SSSR count). The Morgan fingerprint density at radius 3 is 2.59 bits per heavy atom. The van der Waals surface area contributed by atoms with Crippen molar-refractivity contribution in [3.8, 4) is 5.69 Å². The van der Waals surface area contributed by atoms with Crippen molar-refractivity contribution in [2.75, 3.05) is 5.75 Å². The van der Waals surface area contributed by atoms with Crippen LogP contribution in [-0.2, 0) is 4.79 Å². The van der Waals surface area contributed by atoms with Crippen LogP contribution in [0.4, 0.5) is 0 Å². The number of para-hydroxylation sites is 2. The number of amides is 1. The van der Waals surface area contributed by atoms with Crippen LogP contribution in [0.2, 0.25) is 0 Å². The number of benzene rings is 3. The van der Waals surface area contributed by atoms with Gasteiger partial charge in [-0.25, -0.2) is 10.4 Å². The molecule has 1 N–H and O–H groups in total. The Labute approximate surface area is 197 Å². The fraction of sp³-hybridized carbons (Fsp3) is 0.0833. The molecule has 0 fully saturated rings. The van der Waals surface area contributed by atoms with Crippen LogP contribution < -0.4 is 11.0 Å². The van der Waals surface area contributed by atoms with E-state index in [-0.39, 0.29) is 17.2 Å². The minimum absolute atomic E-state index is 0.0638. The van der Waals surface area contributed by atoms with Gasteiger partial charge in [0, 0.05) is 4.47 Å². The average Bonchev–Trinajstić information content (AvgIpc) is 2.80. The van der Waals surface area contributed by atoms with Gasteiger partial charge in [-0.1, -0.05) is 70.2 Å². The van der Waals surface area contributed by atoms with E-state index >= 15 is 0 Å². The van der Waals surface area contributed by atoms with Crippen LogP contribution >= 0.6 is 27.7 Å². The van der Waals surface area contributed by atoms with Gasteiger partial charge in [-0.3, -0.25) is 14.2 Å². The summed E-state index contributed by atoms with van der Waals surface area (Å²) in [6.45, 7) is 1.94. The molecule has 0 saturated heterocycles. The maximum Gasteiger partial charge on any atom is 0.266 e. The van der Waals surface area contributed by atoms with Gasteiger partial charge in [0.15, 0.2) is 5.16 Å². The highest BCUT2D eigenvalue weighted by Crippen LogP contribution is 2.23. The highest BCUT2D eigenvalue weighted by Gasteiger charge is 2.15. The predicted octanol–water partition coefficient (Wildman–Crippen LogP) is 4.70. The molecular formula is C24H19BrN4O2S. The van der Waals surface area contributed by atoms with Crippen molar-refractivity contribution in [3.63, 3.8) is 0 Å². The minimum atomic E-state index is -0.290. The van der Waals surface area contributed by atoms with Gasteiger partial charge in [0.2, 0.25) is 0 Å². The van der Waals surface area contributed by atoms with E-state index in [4.69, 9.17) is 0 Å². The summed E-state index contributed by atoms with van der Waals surface area (Å²) in [6.07, 6.45) is 1.58. The van der Waals surface area contributed by atoms with Crippen LogP contribution in [-0.4, -0.2) is 27.4 Å². The number of aromatic nitrogens is 2. The van der Waals surface area contributed by atoms with Gasteiger partial charge in [-0.05, 0) is 48.4 Å². The molecule has 0 unspecified atom stereocenters. The SMILES string of the molecule is Cc1ccccc1-n1c(SCC(=O)NN=Cc2ccc(Br)cc2)nc2ccccc2c1=O. The average molecular weight is 507 g/mol. The summed E-state index contributed by atoms with van der Waals surface area (Å²) >= 11 is 4.58. The highest BCUT2D eigenvalue weighted by molar-refractivity contribution is 9.10. The molecule has 0 aliphatic heterocycles. The lowest BCUT2D eigenvalue weighted by atomic mass is 10.2. The Morgan fingerprint density at radius 2 is 1.81 bits per heavy atom. The van der Waals surface area contributed by atoms with Crippen molar-refractivity contribution < 1.29 is 4.79 Å². The first-order valence-electron chi connectivity index (χ1n) is 9.81. The molecule has 0 saturated carbocycles. The maximum atomic E-state index is 13.3. The van der Waals surface area contributed by atoms with Crippen molar-refractivity contribution >= 4 is 50.7 Å². The lowest BCUT2D eigenvalue weighted by molar-refractivity contribution is -0.118. The third-order valence-corrected chi connectivity index (χ3v) is 6.17. The molecule has 1 amide bonds. The van der Waals surface area contributed by atoms with Crippen LogP contribution in [0.3, 0.4) is 0 Å². The Morgan fingerprint density at radius 1 is 1.09 bits per heavy atom. The Kier molecular flexibility index (Phi) is 6.82. The van der Waals surface area contributed by atoms with Gasteiger partial charge >= 0.3 is 0 Å². The number of aryl methyl sites for hydroxylation is 1. The van der Waals surface area contributed by atoms with E-state index in [0.717, 1.165) is 21.3 Å². The summed E-state index contributed by atoms with van der Waals surface area (Å²) in [5, 5.41) is 4.99. The van der Waals surface area contributed by atoms with Crippen molar-refractivity contribution in [1.29, 1.82) is 0 Å². The molecule has 0 bridgehead atoms. The Hall–Kier alpha value is -3.23. The highest BCUT2D eigenvalue weighted by atomic mass is 79.9. The zero-order valence-corrected chi connectivity index (χ0v) is 19.6. The number of halogens is 1. The zero-order valence-electron chi connectivity index (χ0n) is 17.2. The molecule has 0 aliphatic carbocycles. The number of nitrogens with one attached hydrogen (secondary N) is 1. The van der Waals surface area contributed by atoms with E-state index in [1.165, 1.54) is 11.8 Å². The Balaban J connectivity index is 1.57. The summed E-state index contributed by atoms with van der Waals surface area (Å²) in [5.74, 6) is -0.226. The van der Waals surface area contributed by atoms with Crippen molar-refractivity contribution in [3.05, 3.63) is 98.7 Å². The first kappa shape index (κ1) is 22.0. The standard InChI is InChI=1S/C24H19BrN4O2S/c1-16-6-2-5-9-21(16)29-23(31)19-7-3-4-8-20(19)27-24(29)32-15-22(30)28-26-14-17-10-12-18(25)13-11-17/h2-14H,15H2,1H3,(H,28,30). The van der Waals surface area contributed by atoms with E-state index in [2.05, 4.69) is 31.4 Å². The topological polar surface area (TPSA) is 76.3 Å². The number of carbonyl (C=O) groups is 1. The molecular weight excluding hydrogens is 488 g/mol. The van der Waals surface area contributed by atoms with Crippen LogP contribution in [0.25, 0.3) is 16.6 Å². The molecule has 0 aliphatic rings. The second kappa shape index (κ2) is 9.93. The quantitative estimate of drug-likeness (QED) is 0.178. The molecule has 0 atom stereocenters. The van der Waals surface area contributed by atoms with Crippen LogP contribution in [0, 0.1) is 6.92 Å². The molecule has 8 heteroatoms. The van der Waals surface area contributed by atoms with Gasteiger partial charge in [0.05, 0.1) is 28.6 Å². The number of hydrogen-bond acceptors (Lipinski definition) is 5. The van der Waals surface area contributed by atoms with Crippen LogP contribution in [0.15, 0.2) is 92.3 Å². The number of hydrazone groups is 1. The number of carbonyl (C=O) groups excluding carboxylic acids is 1. The van der Waals surface area contributed by atoms with Gasteiger partial charge in [0.1, 0.15) is 0 Å². The summed E-state index contributed by atoms with van der Waals surface area (Å²) < 4.78 is 2.54. The molecule has 1 heterocycles. The van der Waals surface area contributed by atoms with E-state index in [1.807, 2.05) is 67.6 Å². The third kappa shape index (κ3) is 4.98. The summed E-state index contributed by atoms with van der Waals surface area (Å²) in [4.78, 5) is 30.3. The third-order valence-electron chi connectivity index (χ3n) is 4.71. The van der Waals surface area contributed by atoms with Gasteiger partial charge in [0.25, 0.3) is 11.5 Å². The smallest absolute Gasteiger partial charge is 0.266 e. The molecule has 160 valence electrons. The summed E-state index contributed by atoms with van der Waals surface area (Å²) in [5.41, 5.74) is 5.50. The lowest BCUT2D eigenvalue weighted by Gasteiger charge is -2.14. The van der Waals surface area contributed by atoms with E-state index < -0.39 is 0 Å². The van der Waals surface area contributed by atoms with Gasteiger partial charge in [-0.2, -0.15) is 5.10 Å². The number of nitrogens with zero attached hydrogens (tertiary/aromatic N) is 3. The molecule has 1 aromatic heterocycles. The molecule has 0 radical (unpaired) electrons. The van der Waals surface area contributed by atoms with E-state index in [1.54, 1.807) is 22.9 Å². The fourth-order valence-corrected chi connectivity index (χ4v) is 4.19. The number of hydrogen-bond donors (Lipinski definition) is 1. The van der Waals surface area contributed by atoms with Gasteiger partial charge in [-0.15, -0.1) is 0 Å². The molecule has 6 nitrogen and oxygen atoms in total. The van der Waals surface area contributed by atoms with Gasteiger partial charge < -0.3 is 0 Å². The maximum absolute atomic E-state index is 13.3. The number of rotatable bonds is 6. The minimum Gasteiger partial charge on any atom is -0.272 e. The normalized spacial score (nSPS) is 11.2. The van der Waals surface area contributed by atoms with Crippen LogP contribution in [0.5, 0.6) is 0 Å². The second-order valence-corrected chi connectivity index (χ2v) is 8.83. The zero-order chi connectivity index (χ0) is 22.5. The largest absolute Gasteiger partial charge is 0.272 e. The lowest BCUT2D eigenvalue weighted by Crippen LogP contribution is -2.24. The van der Waals surface area contributed by atoms with Crippen molar-refractivity contribution in [2.24, 2.45) is 5.10 Å². The summed E-state index contributed by atoms with van der Waals surface area (Å²) in [7, 11) is 0.